The second-order valence-corrected chi connectivity index (χ2v) is 4.84. The number of amides is 1. The van der Waals surface area contributed by atoms with E-state index in [2.05, 4.69) is 5.32 Å². The van der Waals surface area contributed by atoms with Crippen molar-refractivity contribution >= 4 is 28.9 Å². The summed E-state index contributed by atoms with van der Waals surface area (Å²) in [5, 5.41) is 3.26. The monoisotopic (exact) mass is 240 g/mol. The van der Waals surface area contributed by atoms with E-state index in [1.54, 1.807) is 18.2 Å². The fourth-order valence-electron chi connectivity index (χ4n) is 1.08. The van der Waals surface area contributed by atoms with E-state index >= 15 is 0 Å². The number of nitrogens with two attached hydrogens (primary N) is 1. The normalized spacial score (nSPS) is 11.2. The average molecular weight is 241 g/mol. The van der Waals surface area contributed by atoms with Crippen molar-refractivity contribution < 1.29 is 4.79 Å². The van der Waals surface area contributed by atoms with Gasteiger partial charge in [0.1, 0.15) is 0 Å². The van der Waals surface area contributed by atoms with E-state index < -0.39 is 5.41 Å². The lowest BCUT2D eigenvalue weighted by atomic mass is 9.89. The van der Waals surface area contributed by atoms with Crippen LogP contribution in [0.15, 0.2) is 18.2 Å². The van der Waals surface area contributed by atoms with E-state index in [-0.39, 0.29) is 5.91 Å². The largest absolute Gasteiger partial charge is 0.399 e. The molecule has 1 rings (SSSR count). The Kier molecular flexibility index (Phi) is 3.81. The van der Waals surface area contributed by atoms with E-state index in [4.69, 9.17) is 17.3 Å². The van der Waals surface area contributed by atoms with Gasteiger partial charge in [-0.3, -0.25) is 4.79 Å². The number of anilines is 2. The molecule has 0 aliphatic heterocycles. The highest BCUT2D eigenvalue weighted by Crippen LogP contribution is 2.27. The molecule has 0 fully saturated rings. The summed E-state index contributed by atoms with van der Waals surface area (Å²) in [5.74, 6) is -0.0401. The Morgan fingerprint density at radius 3 is 2.62 bits per heavy atom. The van der Waals surface area contributed by atoms with E-state index in [1.165, 1.54) is 0 Å². The molecule has 0 aliphatic rings. The van der Waals surface area contributed by atoms with Crippen LogP contribution in [0.4, 0.5) is 11.4 Å². The molecule has 0 radical (unpaired) electrons. The van der Waals surface area contributed by atoms with E-state index in [9.17, 15) is 4.79 Å². The molecule has 0 saturated carbocycles. The molecule has 0 bridgehead atoms. The standard InChI is InChI=1S/C12H17ClN2O/c1-4-12(2,3)11(16)15-10-6-5-8(14)7-9(10)13/h5-7H,4,14H2,1-3H3,(H,15,16). The summed E-state index contributed by atoms with van der Waals surface area (Å²) >= 11 is 5.97. The van der Waals surface area contributed by atoms with Crippen LogP contribution in [0, 0.1) is 5.41 Å². The summed E-state index contributed by atoms with van der Waals surface area (Å²) in [7, 11) is 0. The van der Waals surface area contributed by atoms with Crippen molar-refractivity contribution in [1.29, 1.82) is 0 Å². The second kappa shape index (κ2) is 4.74. The summed E-state index contributed by atoms with van der Waals surface area (Å²) in [4.78, 5) is 11.9. The highest BCUT2D eigenvalue weighted by molar-refractivity contribution is 6.34. The first-order valence-electron chi connectivity index (χ1n) is 5.23. The number of nitrogens with one attached hydrogen (secondary N) is 1. The molecule has 0 unspecified atom stereocenters. The SMILES string of the molecule is CCC(C)(C)C(=O)Nc1ccc(N)cc1Cl. The van der Waals surface area contributed by atoms with Crippen LogP contribution in [0.25, 0.3) is 0 Å². The maximum absolute atomic E-state index is 11.9. The fourth-order valence-corrected chi connectivity index (χ4v) is 1.32. The lowest BCUT2D eigenvalue weighted by Gasteiger charge is -2.21. The molecule has 88 valence electrons. The van der Waals surface area contributed by atoms with Crippen molar-refractivity contribution in [2.45, 2.75) is 27.2 Å². The van der Waals surface area contributed by atoms with Gasteiger partial charge in [-0.2, -0.15) is 0 Å². The Hall–Kier alpha value is -1.22. The highest BCUT2D eigenvalue weighted by atomic mass is 35.5. The van der Waals surface area contributed by atoms with Crippen molar-refractivity contribution in [3.8, 4) is 0 Å². The topological polar surface area (TPSA) is 55.1 Å². The lowest BCUT2D eigenvalue weighted by molar-refractivity contribution is -0.124. The first-order chi connectivity index (χ1) is 7.36. The zero-order chi connectivity index (χ0) is 12.3. The third-order valence-corrected chi connectivity index (χ3v) is 3.05. The number of halogens is 1. The number of rotatable bonds is 3. The van der Waals surface area contributed by atoms with Crippen LogP contribution in [0.1, 0.15) is 27.2 Å². The maximum Gasteiger partial charge on any atom is 0.230 e. The summed E-state index contributed by atoms with van der Waals surface area (Å²) in [5.41, 5.74) is 6.36. The van der Waals surface area contributed by atoms with Gasteiger partial charge in [-0.1, -0.05) is 32.4 Å². The molecule has 0 saturated heterocycles. The van der Waals surface area contributed by atoms with Gasteiger partial charge in [-0.15, -0.1) is 0 Å². The van der Waals surface area contributed by atoms with Crippen LogP contribution in [0.3, 0.4) is 0 Å². The molecule has 0 aliphatic carbocycles. The molecular weight excluding hydrogens is 224 g/mol. The van der Waals surface area contributed by atoms with Crippen molar-refractivity contribution in [3.63, 3.8) is 0 Å². The first kappa shape index (κ1) is 12.8. The van der Waals surface area contributed by atoms with Gasteiger partial charge >= 0.3 is 0 Å². The molecule has 1 amide bonds. The lowest BCUT2D eigenvalue weighted by Crippen LogP contribution is -2.30. The maximum atomic E-state index is 11.9. The van der Waals surface area contributed by atoms with Crippen molar-refractivity contribution in [1.82, 2.24) is 0 Å². The van der Waals surface area contributed by atoms with Crippen LogP contribution in [-0.2, 0) is 4.79 Å². The molecule has 1 aromatic carbocycles. The first-order valence-corrected chi connectivity index (χ1v) is 5.61. The highest BCUT2D eigenvalue weighted by Gasteiger charge is 2.25. The van der Waals surface area contributed by atoms with Gasteiger partial charge < -0.3 is 11.1 Å². The number of benzene rings is 1. The van der Waals surface area contributed by atoms with Gasteiger partial charge in [0.05, 0.1) is 10.7 Å². The predicted molar refractivity (Wildman–Crippen MR) is 68.6 cm³/mol. The Balaban J connectivity index is 2.85. The molecule has 1 aromatic rings. The number of carbonyl (C=O) groups excluding carboxylic acids is 1. The number of hydrogen-bond acceptors (Lipinski definition) is 2. The minimum absolute atomic E-state index is 0.0401. The fraction of sp³-hybridized carbons (Fsp3) is 0.417. The quantitative estimate of drug-likeness (QED) is 0.797. The molecule has 0 aromatic heterocycles. The van der Waals surface area contributed by atoms with Crippen molar-refractivity contribution in [2.75, 3.05) is 11.1 Å². The molecular formula is C12H17ClN2O. The summed E-state index contributed by atoms with van der Waals surface area (Å²) in [6.07, 6.45) is 0.769. The Morgan fingerprint density at radius 2 is 2.12 bits per heavy atom. The summed E-state index contributed by atoms with van der Waals surface area (Å²) in [6.45, 7) is 5.77. The van der Waals surface area contributed by atoms with Crippen LogP contribution < -0.4 is 11.1 Å². The van der Waals surface area contributed by atoms with Gasteiger partial charge in [-0.25, -0.2) is 0 Å². The molecule has 0 heterocycles. The Bertz CT molecular complexity index is 402. The third kappa shape index (κ3) is 2.89. The van der Waals surface area contributed by atoms with Gasteiger partial charge in [0.15, 0.2) is 0 Å². The second-order valence-electron chi connectivity index (χ2n) is 4.43. The van der Waals surface area contributed by atoms with Crippen LogP contribution >= 0.6 is 11.6 Å². The minimum Gasteiger partial charge on any atom is -0.399 e. The van der Waals surface area contributed by atoms with E-state index in [0.717, 1.165) is 6.42 Å². The zero-order valence-electron chi connectivity index (χ0n) is 9.80. The minimum atomic E-state index is -0.398. The molecule has 3 N–H and O–H groups in total. The molecule has 4 heteroatoms. The number of carbonyl (C=O) groups is 1. The van der Waals surface area contributed by atoms with Gasteiger partial charge in [0.25, 0.3) is 0 Å². The summed E-state index contributed by atoms with van der Waals surface area (Å²) in [6, 6.07) is 5.04. The van der Waals surface area contributed by atoms with Crippen LogP contribution in [0.5, 0.6) is 0 Å². The number of nitrogen functional groups attached to an aromatic ring is 1. The van der Waals surface area contributed by atoms with Crippen molar-refractivity contribution in [3.05, 3.63) is 23.2 Å². The zero-order valence-corrected chi connectivity index (χ0v) is 10.6. The van der Waals surface area contributed by atoms with Gasteiger partial charge in [0, 0.05) is 11.1 Å². The number of hydrogen-bond donors (Lipinski definition) is 2. The van der Waals surface area contributed by atoms with Gasteiger partial charge in [-0.05, 0) is 24.6 Å². The summed E-state index contributed by atoms with van der Waals surface area (Å²) < 4.78 is 0. The smallest absolute Gasteiger partial charge is 0.230 e. The predicted octanol–water partition coefficient (Wildman–Crippen LogP) is 3.30. The van der Waals surface area contributed by atoms with Gasteiger partial charge in [0.2, 0.25) is 5.91 Å². The molecule has 0 spiro atoms. The average Bonchev–Trinajstić information content (AvgIpc) is 2.22. The van der Waals surface area contributed by atoms with Crippen LogP contribution in [-0.4, -0.2) is 5.91 Å². The molecule has 3 nitrogen and oxygen atoms in total. The van der Waals surface area contributed by atoms with E-state index in [1.807, 2.05) is 20.8 Å². The van der Waals surface area contributed by atoms with Crippen LogP contribution in [0.2, 0.25) is 5.02 Å². The third-order valence-electron chi connectivity index (χ3n) is 2.74. The Labute approximate surface area is 101 Å². The Morgan fingerprint density at radius 1 is 1.50 bits per heavy atom. The molecule has 0 atom stereocenters. The van der Waals surface area contributed by atoms with Crippen molar-refractivity contribution in [2.24, 2.45) is 5.41 Å². The van der Waals surface area contributed by atoms with E-state index in [0.29, 0.717) is 16.4 Å². The molecule has 16 heavy (non-hydrogen) atoms.